The van der Waals surface area contributed by atoms with Crippen LogP contribution in [0.1, 0.15) is 11.1 Å². The maximum atomic E-state index is 12.5. The van der Waals surface area contributed by atoms with Crippen LogP contribution in [0.15, 0.2) is 24.3 Å². The highest BCUT2D eigenvalue weighted by Crippen LogP contribution is 2.29. The van der Waals surface area contributed by atoms with E-state index >= 15 is 0 Å². The van der Waals surface area contributed by atoms with Gasteiger partial charge in [-0.2, -0.15) is 13.2 Å². The highest BCUT2D eigenvalue weighted by molar-refractivity contribution is 5.85. The van der Waals surface area contributed by atoms with E-state index in [-0.39, 0.29) is 24.8 Å². The van der Waals surface area contributed by atoms with Gasteiger partial charge in [0.25, 0.3) is 0 Å². The summed E-state index contributed by atoms with van der Waals surface area (Å²) in [6.07, 6.45) is -3.57. The van der Waals surface area contributed by atoms with Gasteiger partial charge in [-0.25, -0.2) is 0 Å². The average molecular weight is 331 g/mol. The van der Waals surface area contributed by atoms with E-state index in [1.165, 1.54) is 12.1 Å². The third kappa shape index (κ3) is 5.87. The first kappa shape index (κ1) is 19.5. The summed E-state index contributed by atoms with van der Waals surface area (Å²) in [5.74, 6) is 0. The number of piperazine rings is 1. The van der Waals surface area contributed by atoms with Crippen molar-refractivity contribution in [1.29, 1.82) is 0 Å². The quantitative estimate of drug-likeness (QED) is 0.916. The number of halogens is 5. The van der Waals surface area contributed by atoms with Gasteiger partial charge in [0.1, 0.15) is 0 Å². The lowest BCUT2D eigenvalue weighted by Crippen LogP contribution is -2.44. The zero-order chi connectivity index (χ0) is 13.0. The van der Waals surface area contributed by atoms with Crippen molar-refractivity contribution in [3.05, 3.63) is 35.4 Å². The highest BCUT2D eigenvalue weighted by atomic mass is 35.5. The van der Waals surface area contributed by atoms with Gasteiger partial charge in [0.05, 0.1) is 5.56 Å². The molecule has 1 aromatic rings. The lowest BCUT2D eigenvalue weighted by Gasteiger charge is -2.27. The molecule has 1 aliphatic heterocycles. The van der Waals surface area contributed by atoms with Crippen molar-refractivity contribution >= 4 is 24.8 Å². The molecular formula is C13H19Cl2F3N2. The van der Waals surface area contributed by atoms with Crippen LogP contribution in [-0.2, 0) is 12.6 Å². The Hall–Kier alpha value is -0.490. The first-order chi connectivity index (χ1) is 8.55. The van der Waals surface area contributed by atoms with E-state index in [4.69, 9.17) is 0 Å². The molecule has 0 aliphatic carbocycles. The van der Waals surface area contributed by atoms with Gasteiger partial charge in [-0.05, 0) is 18.1 Å². The van der Waals surface area contributed by atoms with Crippen molar-refractivity contribution in [2.24, 2.45) is 0 Å². The van der Waals surface area contributed by atoms with E-state index in [9.17, 15) is 13.2 Å². The molecule has 0 spiro atoms. The normalized spacial score (nSPS) is 16.1. The van der Waals surface area contributed by atoms with E-state index in [0.717, 1.165) is 44.4 Å². The first-order valence-electron chi connectivity index (χ1n) is 6.15. The van der Waals surface area contributed by atoms with Crippen LogP contribution in [0.3, 0.4) is 0 Å². The van der Waals surface area contributed by atoms with Crippen molar-refractivity contribution in [2.75, 3.05) is 32.7 Å². The SMILES string of the molecule is Cl.Cl.FC(F)(F)c1cccc(CCN2CCNCC2)c1. The molecule has 0 bridgehead atoms. The summed E-state index contributed by atoms with van der Waals surface area (Å²) in [6.45, 7) is 4.69. The molecule has 2 rings (SSSR count). The Morgan fingerprint density at radius 3 is 2.35 bits per heavy atom. The second-order valence-corrected chi connectivity index (χ2v) is 4.54. The van der Waals surface area contributed by atoms with Crippen LogP contribution >= 0.6 is 24.8 Å². The van der Waals surface area contributed by atoms with Gasteiger partial charge in [-0.15, -0.1) is 24.8 Å². The molecule has 0 saturated carbocycles. The Kier molecular flexibility index (Phi) is 8.51. The number of nitrogens with zero attached hydrogens (tertiary/aromatic N) is 1. The van der Waals surface area contributed by atoms with E-state index < -0.39 is 11.7 Å². The standard InChI is InChI=1S/C13H17F3N2.2ClH/c14-13(15,16)12-3-1-2-11(10-12)4-7-18-8-5-17-6-9-18;;/h1-3,10,17H,4-9H2;2*1H. The molecule has 1 heterocycles. The smallest absolute Gasteiger partial charge is 0.314 e. The zero-order valence-electron chi connectivity index (χ0n) is 10.9. The number of alkyl halides is 3. The van der Waals surface area contributed by atoms with Crippen LogP contribution in [0.4, 0.5) is 13.2 Å². The van der Waals surface area contributed by atoms with Gasteiger partial charge < -0.3 is 10.2 Å². The molecule has 0 amide bonds. The Labute approximate surface area is 129 Å². The number of rotatable bonds is 3. The fourth-order valence-corrected chi connectivity index (χ4v) is 2.13. The minimum absolute atomic E-state index is 0. The second kappa shape index (κ2) is 8.72. The maximum Gasteiger partial charge on any atom is 0.416 e. The van der Waals surface area contributed by atoms with Gasteiger partial charge >= 0.3 is 6.18 Å². The zero-order valence-corrected chi connectivity index (χ0v) is 12.6. The molecule has 1 saturated heterocycles. The molecule has 0 atom stereocenters. The lowest BCUT2D eigenvalue weighted by atomic mass is 10.1. The fraction of sp³-hybridized carbons (Fsp3) is 0.538. The summed E-state index contributed by atoms with van der Waals surface area (Å²) < 4.78 is 37.6. The number of hydrogen-bond donors (Lipinski definition) is 1. The largest absolute Gasteiger partial charge is 0.416 e. The molecule has 1 aromatic carbocycles. The summed E-state index contributed by atoms with van der Waals surface area (Å²) in [4.78, 5) is 2.27. The van der Waals surface area contributed by atoms with Crippen molar-refractivity contribution < 1.29 is 13.2 Å². The molecule has 0 radical (unpaired) electrons. The molecule has 2 nitrogen and oxygen atoms in total. The van der Waals surface area contributed by atoms with Gasteiger partial charge in [0.15, 0.2) is 0 Å². The summed E-state index contributed by atoms with van der Waals surface area (Å²) >= 11 is 0. The summed E-state index contributed by atoms with van der Waals surface area (Å²) in [5.41, 5.74) is 0.198. The first-order valence-corrected chi connectivity index (χ1v) is 6.15. The minimum Gasteiger partial charge on any atom is -0.314 e. The van der Waals surface area contributed by atoms with Crippen LogP contribution in [0.2, 0.25) is 0 Å². The Bertz CT molecular complexity index is 393. The van der Waals surface area contributed by atoms with Crippen LogP contribution in [0, 0.1) is 0 Å². The molecular weight excluding hydrogens is 312 g/mol. The monoisotopic (exact) mass is 330 g/mol. The Morgan fingerprint density at radius 1 is 1.10 bits per heavy atom. The van der Waals surface area contributed by atoms with E-state index in [1.807, 2.05) is 0 Å². The summed E-state index contributed by atoms with van der Waals surface area (Å²) in [6, 6.07) is 5.61. The van der Waals surface area contributed by atoms with Gasteiger partial charge in [-0.1, -0.05) is 18.2 Å². The number of hydrogen-bond acceptors (Lipinski definition) is 2. The molecule has 20 heavy (non-hydrogen) atoms. The molecule has 1 fully saturated rings. The molecule has 116 valence electrons. The summed E-state index contributed by atoms with van der Waals surface area (Å²) in [5, 5.41) is 3.25. The topological polar surface area (TPSA) is 15.3 Å². The van der Waals surface area contributed by atoms with Crippen LogP contribution in [-0.4, -0.2) is 37.6 Å². The van der Waals surface area contributed by atoms with Crippen molar-refractivity contribution in [1.82, 2.24) is 10.2 Å². The third-order valence-electron chi connectivity index (χ3n) is 3.18. The van der Waals surface area contributed by atoms with Crippen molar-refractivity contribution in [2.45, 2.75) is 12.6 Å². The second-order valence-electron chi connectivity index (χ2n) is 4.54. The molecule has 1 N–H and O–H groups in total. The van der Waals surface area contributed by atoms with E-state index in [1.54, 1.807) is 6.07 Å². The Balaban J connectivity index is 0.00000180. The molecule has 7 heteroatoms. The van der Waals surface area contributed by atoms with Crippen LogP contribution in [0.5, 0.6) is 0 Å². The van der Waals surface area contributed by atoms with Crippen molar-refractivity contribution in [3.63, 3.8) is 0 Å². The summed E-state index contributed by atoms with van der Waals surface area (Å²) in [7, 11) is 0. The van der Waals surface area contributed by atoms with Gasteiger partial charge in [-0.3, -0.25) is 0 Å². The predicted octanol–water partition coefficient (Wildman–Crippen LogP) is 3.00. The molecule has 0 unspecified atom stereocenters. The predicted molar refractivity (Wildman–Crippen MR) is 79.0 cm³/mol. The highest BCUT2D eigenvalue weighted by Gasteiger charge is 2.30. The third-order valence-corrected chi connectivity index (χ3v) is 3.18. The molecule has 1 aliphatic rings. The van der Waals surface area contributed by atoms with E-state index in [0.29, 0.717) is 6.42 Å². The molecule has 0 aromatic heterocycles. The fourth-order valence-electron chi connectivity index (χ4n) is 2.13. The van der Waals surface area contributed by atoms with Crippen LogP contribution in [0.25, 0.3) is 0 Å². The maximum absolute atomic E-state index is 12.5. The average Bonchev–Trinajstić information content (AvgIpc) is 2.37. The lowest BCUT2D eigenvalue weighted by molar-refractivity contribution is -0.137. The number of benzene rings is 1. The van der Waals surface area contributed by atoms with Crippen LogP contribution < -0.4 is 5.32 Å². The van der Waals surface area contributed by atoms with Crippen molar-refractivity contribution in [3.8, 4) is 0 Å². The Morgan fingerprint density at radius 2 is 1.75 bits per heavy atom. The number of nitrogens with one attached hydrogen (secondary N) is 1. The minimum atomic E-state index is -4.24. The van der Waals surface area contributed by atoms with Gasteiger partial charge in [0, 0.05) is 32.7 Å². The van der Waals surface area contributed by atoms with Gasteiger partial charge in [0.2, 0.25) is 0 Å². The van der Waals surface area contributed by atoms with E-state index in [2.05, 4.69) is 10.2 Å².